The Labute approximate surface area is 155 Å². The van der Waals surface area contributed by atoms with E-state index in [1.165, 1.54) is 22.3 Å². The Balaban J connectivity index is 1.63. The lowest BCUT2D eigenvalue weighted by atomic mass is 9.93. The highest BCUT2D eigenvalue weighted by molar-refractivity contribution is 5.67. The number of aryl methyl sites for hydroxylation is 2. The minimum Gasteiger partial charge on any atom is -0.450 e. The Morgan fingerprint density at radius 3 is 2.00 bits per heavy atom. The van der Waals surface area contributed by atoms with Gasteiger partial charge in [-0.05, 0) is 42.0 Å². The van der Waals surface area contributed by atoms with Crippen molar-refractivity contribution in [2.24, 2.45) is 0 Å². The molecule has 0 aromatic heterocycles. The van der Waals surface area contributed by atoms with E-state index in [1.54, 1.807) is 0 Å². The maximum Gasteiger partial charge on any atom is 0.409 e. The molecule has 0 saturated carbocycles. The SMILES string of the molecule is CCOC(=O)N1CCN(C2c3ccccc3CCc3ccccc32)CC1. The number of hydrogen-bond donors (Lipinski definition) is 0. The summed E-state index contributed by atoms with van der Waals surface area (Å²) in [4.78, 5) is 16.4. The smallest absolute Gasteiger partial charge is 0.409 e. The number of fused-ring (bicyclic) bond motifs is 2. The van der Waals surface area contributed by atoms with Crippen LogP contribution in [0.2, 0.25) is 0 Å². The van der Waals surface area contributed by atoms with Gasteiger partial charge in [0.05, 0.1) is 12.6 Å². The van der Waals surface area contributed by atoms with Crippen molar-refractivity contribution in [1.29, 1.82) is 0 Å². The summed E-state index contributed by atoms with van der Waals surface area (Å²) in [5, 5.41) is 0. The molecule has 0 atom stereocenters. The molecule has 1 heterocycles. The third-order valence-electron chi connectivity index (χ3n) is 5.57. The van der Waals surface area contributed by atoms with Gasteiger partial charge in [0.15, 0.2) is 0 Å². The number of hydrogen-bond acceptors (Lipinski definition) is 3. The van der Waals surface area contributed by atoms with Crippen LogP contribution in [-0.2, 0) is 17.6 Å². The molecule has 0 bridgehead atoms. The van der Waals surface area contributed by atoms with Crippen molar-refractivity contribution in [2.45, 2.75) is 25.8 Å². The summed E-state index contributed by atoms with van der Waals surface area (Å²) >= 11 is 0. The summed E-state index contributed by atoms with van der Waals surface area (Å²) in [5.74, 6) is 0. The lowest BCUT2D eigenvalue weighted by molar-refractivity contribution is 0.0714. The zero-order chi connectivity index (χ0) is 17.9. The molecule has 4 nitrogen and oxygen atoms in total. The lowest BCUT2D eigenvalue weighted by Gasteiger charge is -2.39. The molecule has 136 valence electrons. The minimum atomic E-state index is -0.186. The van der Waals surface area contributed by atoms with E-state index in [0.29, 0.717) is 6.61 Å². The lowest BCUT2D eigenvalue weighted by Crippen LogP contribution is -2.50. The van der Waals surface area contributed by atoms with Gasteiger partial charge in [-0.25, -0.2) is 4.79 Å². The number of benzene rings is 2. The third kappa shape index (κ3) is 3.21. The van der Waals surface area contributed by atoms with Crippen LogP contribution in [0.25, 0.3) is 0 Å². The molecule has 2 aromatic rings. The summed E-state index contributed by atoms with van der Waals surface area (Å²) in [6.45, 7) is 5.47. The first-order valence-corrected chi connectivity index (χ1v) is 9.59. The molecule has 2 aliphatic rings. The fourth-order valence-electron chi connectivity index (χ4n) is 4.26. The van der Waals surface area contributed by atoms with Gasteiger partial charge < -0.3 is 9.64 Å². The molecule has 4 rings (SSSR count). The Hall–Kier alpha value is -2.33. The quantitative estimate of drug-likeness (QED) is 0.829. The van der Waals surface area contributed by atoms with Crippen LogP contribution in [0.4, 0.5) is 4.79 Å². The van der Waals surface area contributed by atoms with Crippen LogP contribution >= 0.6 is 0 Å². The number of carbonyl (C=O) groups is 1. The first-order valence-electron chi connectivity index (χ1n) is 9.59. The molecule has 4 heteroatoms. The monoisotopic (exact) mass is 350 g/mol. The summed E-state index contributed by atoms with van der Waals surface area (Å²) in [6.07, 6.45) is 1.99. The first kappa shape index (κ1) is 17.1. The van der Waals surface area contributed by atoms with E-state index in [-0.39, 0.29) is 12.1 Å². The maximum absolute atomic E-state index is 12.0. The fraction of sp³-hybridized carbons (Fsp3) is 0.409. The van der Waals surface area contributed by atoms with Gasteiger partial charge in [-0.3, -0.25) is 4.90 Å². The number of piperazine rings is 1. The topological polar surface area (TPSA) is 32.8 Å². The summed E-state index contributed by atoms with van der Waals surface area (Å²) in [6, 6.07) is 17.9. The molecule has 1 saturated heterocycles. The Kier molecular flexibility index (Phi) is 4.93. The molecular formula is C22H26N2O2. The van der Waals surface area contributed by atoms with E-state index in [2.05, 4.69) is 53.4 Å². The zero-order valence-electron chi connectivity index (χ0n) is 15.4. The van der Waals surface area contributed by atoms with Crippen LogP contribution < -0.4 is 0 Å². The van der Waals surface area contributed by atoms with Crippen LogP contribution in [0.1, 0.15) is 35.2 Å². The molecule has 0 N–H and O–H groups in total. The predicted molar refractivity (Wildman–Crippen MR) is 102 cm³/mol. The van der Waals surface area contributed by atoms with Crippen molar-refractivity contribution >= 4 is 6.09 Å². The van der Waals surface area contributed by atoms with E-state index in [4.69, 9.17) is 4.74 Å². The predicted octanol–water partition coefficient (Wildman–Crippen LogP) is 3.65. The highest BCUT2D eigenvalue weighted by Crippen LogP contribution is 2.37. The number of rotatable bonds is 2. The molecule has 1 fully saturated rings. The number of carbonyl (C=O) groups excluding carboxylic acids is 1. The van der Waals surface area contributed by atoms with Gasteiger partial charge in [0, 0.05) is 26.2 Å². The highest BCUT2D eigenvalue weighted by atomic mass is 16.6. The van der Waals surface area contributed by atoms with Crippen LogP contribution in [0, 0.1) is 0 Å². The summed E-state index contributed by atoms with van der Waals surface area (Å²) in [5.41, 5.74) is 5.73. The van der Waals surface area contributed by atoms with E-state index in [1.807, 2.05) is 11.8 Å². The van der Waals surface area contributed by atoms with Crippen LogP contribution in [0.3, 0.4) is 0 Å². The van der Waals surface area contributed by atoms with Crippen molar-refractivity contribution in [3.63, 3.8) is 0 Å². The van der Waals surface area contributed by atoms with Crippen LogP contribution in [-0.4, -0.2) is 48.7 Å². The average Bonchev–Trinajstić information content (AvgIpc) is 2.85. The average molecular weight is 350 g/mol. The molecule has 0 spiro atoms. The molecule has 1 aliphatic carbocycles. The first-order chi connectivity index (χ1) is 12.8. The van der Waals surface area contributed by atoms with E-state index in [9.17, 15) is 4.79 Å². The Bertz CT molecular complexity index is 734. The van der Waals surface area contributed by atoms with Crippen molar-refractivity contribution in [1.82, 2.24) is 9.80 Å². The normalized spacial score (nSPS) is 18.0. The van der Waals surface area contributed by atoms with Gasteiger partial charge in [-0.2, -0.15) is 0 Å². The minimum absolute atomic E-state index is 0.186. The van der Waals surface area contributed by atoms with Gasteiger partial charge >= 0.3 is 6.09 Å². The van der Waals surface area contributed by atoms with E-state index < -0.39 is 0 Å². The van der Waals surface area contributed by atoms with E-state index in [0.717, 1.165) is 39.0 Å². The fourth-order valence-corrected chi connectivity index (χ4v) is 4.26. The second kappa shape index (κ2) is 7.50. The van der Waals surface area contributed by atoms with Crippen molar-refractivity contribution in [2.75, 3.05) is 32.8 Å². The summed E-state index contributed by atoms with van der Waals surface area (Å²) in [7, 11) is 0. The largest absolute Gasteiger partial charge is 0.450 e. The molecule has 0 radical (unpaired) electrons. The summed E-state index contributed by atoms with van der Waals surface area (Å²) < 4.78 is 5.16. The number of amides is 1. The van der Waals surface area contributed by atoms with Gasteiger partial charge in [0.25, 0.3) is 0 Å². The Morgan fingerprint density at radius 2 is 1.46 bits per heavy atom. The standard InChI is InChI=1S/C22H26N2O2/c1-2-26-22(25)24-15-13-23(14-16-24)21-19-9-5-3-7-17(19)11-12-18-8-4-6-10-20(18)21/h3-10,21H,2,11-16H2,1H3. The van der Waals surface area contributed by atoms with E-state index >= 15 is 0 Å². The second-order valence-electron chi connectivity index (χ2n) is 7.02. The molecule has 1 amide bonds. The second-order valence-corrected chi connectivity index (χ2v) is 7.02. The van der Waals surface area contributed by atoms with Crippen LogP contribution in [0.15, 0.2) is 48.5 Å². The third-order valence-corrected chi connectivity index (χ3v) is 5.57. The molecular weight excluding hydrogens is 324 g/mol. The van der Waals surface area contributed by atoms with Crippen molar-refractivity contribution < 1.29 is 9.53 Å². The number of nitrogens with zero attached hydrogens (tertiary/aromatic N) is 2. The highest BCUT2D eigenvalue weighted by Gasteiger charge is 2.32. The molecule has 26 heavy (non-hydrogen) atoms. The number of ether oxygens (including phenoxy) is 1. The van der Waals surface area contributed by atoms with Gasteiger partial charge in [-0.15, -0.1) is 0 Å². The molecule has 0 unspecified atom stereocenters. The van der Waals surface area contributed by atoms with Crippen LogP contribution in [0.5, 0.6) is 0 Å². The van der Waals surface area contributed by atoms with Gasteiger partial charge in [0.2, 0.25) is 0 Å². The van der Waals surface area contributed by atoms with Crippen molar-refractivity contribution in [3.8, 4) is 0 Å². The molecule has 1 aliphatic heterocycles. The zero-order valence-corrected chi connectivity index (χ0v) is 15.4. The molecule has 2 aromatic carbocycles. The maximum atomic E-state index is 12.0. The van der Waals surface area contributed by atoms with Gasteiger partial charge in [0.1, 0.15) is 0 Å². The van der Waals surface area contributed by atoms with Gasteiger partial charge in [-0.1, -0.05) is 48.5 Å². The van der Waals surface area contributed by atoms with Crippen molar-refractivity contribution in [3.05, 3.63) is 70.8 Å². The Morgan fingerprint density at radius 1 is 0.923 bits per heavy atom.